The minimum absolute atomic E-state index is 0.0885. The Balaban J connectivity index is 1.46. The highest BCUT2D eigenvalue weighted by molar-refractivity contribution is 7.80. The number of fused-ring (bicyclic) bond motifs is 1. The number of carbonyl (C=O) groups excluding carboxylic acids is 1. The number of oxazole rings is 1. The molecule has 0 aliphatic heterocycles. The number of aromatic nitrogens is 1. The SMILES string of the molecule is Cc1ccc(-c2nc3cc(NC(=S)NC(=O)c4ccc([N+](=O)[O-])cc4)ccc3o2)cc1C. The predicted octanol–water partition coefficient (Wildman–Crippen LogP) is 5.15. The van der Waals surface area contributed by atoms with E-state index in [-0.39, 0.29) is 16.4 Å². The van der Waals surface area contributed by atoms with Crippen molar-refractivity contribution in [3.63, 3.8) is 0 Å². The smallest absolute Gasteiger partial charge is 0.269 e. The molecule has 1 amide bonds. The number of rotatable bonds is 4. The lowest BCUT2D eigenvalue weighted by Crippen LogP contribution is -2.34. The highest BCUT2D eigenvalue weighted by Gasteiger charge is 2.13. The van der Waals surface area contributed by atoms with Gasteiger partial charge in [-0.05, 0) is 79.7 Å². The van der Waals surface area contributed by atoms with Gasteiger partial charge in [0.05, 0.1) is 4.92 Å². The van der Waals surface area contributed by atoms with E-state index in [2.05, 4.69) is 15.6 Å². The van der Waals surface area contributed by atoms with Crippen LogP contribution in [0.5, 0.6) is 0 Å². The first-order valence-electron chi connectivity index (χ1n) is 9.65. The highest BCUT2D eigenvalue weighted by Crippen LogP contribution is 2.27. The van der Waals surface area contributed by atoms with E-state index in [1.165, 1.54) is 29.8 Å². The largest absolute Gasteiger partial charge is 0.436 e. The van der Waals surface area contributed by atoms with Crippen LogP contribution in [0.3, 0.4) is 0 Å². The first-order chi connectivity index (χ1) is 15.3. The fourth-order valence-electron chi connectivity index (χ4n) is 3.08. The van der Waals surface area contributed by atoms with Crippen molar-refractivity contribution < 1.29 is 14.1 Å². The summed E-state index contributed by atoms with van der Waals surface area (Å²) in [6.45, 7) is 4.09. The number of non-ortho nitro benzene ring substituents is 1. The number of anilines is 1. The van der Waals surface area contributed by atoms with Gasteiger partial charge < -0.3 is 9.73 Å². The van der Waals surface area contributed by atoms with Gasteiger partial charge in [-0.25, -0.2) is 4.98 Å². The van der Waals surface area contributed by atoms with Crippen LogP contribution in [0.4, 0.5) is 11.4 Å². The van der Waals surface area contributed by atoms with Crippen LogP contribution in [0, 0.1) is 24.0 Å². The normalized spacial score (nSPS) is 10.7. The van der Waals surface area contributed by atoms with Gasteiger partial charge in [-0.15, -0.1) is 0 Å². The molecule has 2 N–H and O–H groups in total. The molecule has 3 aromatic carbocycles. The number of thiocarbonyl (C=S) groups is 1. The number of aryl methyl sites for hydroxylation is 2. The maximum atomic E-state index is 12.3. The Bertz CT molecular complexity index is 1360. The summed E-state index contributed by atoms with van der Waals surface area (Å²) < 4.78 is 5.87. The lowest BCUT2D eigenvalue weighted by atomic mass is 10.1. The Morgan fingerprint density at radius 2 is 1.78 bits per heavy atom. The molecule has 32 heavy (non-hydrogen) atoms. The van der Waals surface area contributed by atoms with E-state index in [1.807, 2.05) is 32.0 Å². The summed E-state index contributed by atoms with van der Waals surface area (Å²) in [6.07, 6.45) is 0. The minimum atomic E-state index is -0.528. The predicted molar refractivity (Wildman–Crippen MR) is 126 cm³/mol. The van der Waals surface area contributed by atoms with Gasteiger partial charge in [0, 0.05) is 28.9 Å². The first-order valence-corrected chi connectivity index (χ1v) is 10.1. The topological polar surface area (TPSA) is 110 Å². The number of carbonyl (C=O) groups is 1. The van der Waals surface area contributed by atoms with Gasteiger partial charge in [0.25, 0.3) is 11.6 Å². The summed E-state index contributed by atoms with van der Waals surface area (Å²) in [5.74, 6) is 0.0474. The third-order valence-corrected chi connectivity index (χ3v) is 5.17. The average Bonchev–Trinajstić information content (AvgIpc) is 3.19. The van der Waals surface area contributed by atoms with E-state index in [9.17, 15) is 14.9 Å². The van der Waals surface area contributed by atoms with Crippen molar-refractivity contribution in [2.75, 3.05) is 5.32 Å². The van der Waals surface area contributed by atoms with E-state index in [4.69, 9.17) is 16.6 Å². The van der Waals surface area contributed by atoms with Crippen LogP contribution in [0.25, 0.3) is 22.6 Å². The van der Waals surface area contributed by atoms with Crippen molar-refractivity contribution in [3.8, 4) is 11.5 Å². The molecular weight excluding hydrogens is 428 g/mol. The molecule has 0 fully saturated rings. The second-order valence-electron chi connectivity index (χ2n) is 7.21. The summed E-state index contributed by atoms with van der Waals surface area (Å²) in [6, 6.07) is 16.6. The van der Waals surface area contributed by atoms with E-state index < -0.39 is 10.8 Å². The number of hydrogen-bond acceptors (Lipinski definition) is 6. The van der Waals surface area contributed by atoms with Gasteiger partial charge in [0.2, 0.25) is 5.89 Å². The zero-order valence-electron chi connectivity index (χ0n) is 17.2. The molecule has 160 valence electrons. The van der Waals surface area contributed by atoms with Crippen LogP contribution in [0.15, 0.2) is 65.1 Å². The van der Waals surface area contributed by atoms with Crippen LogP contribution in [-0.2, 0) is 0 Å². The van der Waals surface area contributed by atoms with E-state index in [0.717, 1.165) is 11.1 Å². The molecule has 0 saturated carbocycles. The zero-order valence-corrected chi connectivity index (χ0v) is 18.0. The molecule has 4 aromatic rings. The van der Waals surface area contributed by atoms with Crippen molar-refractivity contribution in [2.24, 2.45) is 0 Å². The molecule has 0 aliphatic carbocycles. The number of nitro groups is 1. The number of amides is 1. The van der Waals surface area contributed by atoms with Crippen LogP contribution in [-0.4, -0.2) is 20.9 Å². The van der Waals surface area contributed by atoms with Gasteiger partial charge in [0.15, 0.2) is 10.7 Å². The minimum Gasteiger partial charge on any atom is -0.436 e. The Labute approximate surface area is 188 Å². The standard InChI is InChI=1S/C23H18N4O4S/c1-13-3-4-16(11-14(13)2)22-25-19-12-17(7-10-20(19)31-22)24-23(32)26-21(28)15-5-8-18(9-6-15)27(29)30/h3-12H,1-2H3,(H2,24,26,28,32). The van der Waals surface area contributed by atoms with E-state index >= 15 is 0 Å². The quantitative estimate of drug-likeness (QED) is 0.253. The number of nitrogens with zero attached hydrogens (tertiary/aromatic N) is 2. The van der Waals surface area contributed by atoms with Gasteiger partial charge in [0.1, 0.15) is 5.52 Å². The second-order valence-corrected chi connectivity index (χ2v) is 7.62. The van der Waals surface area contributed by atoms with E-state index in [0.29, 0.717) is 22.7 Å². The summed E-state index contributed by atoms with van der Waals surface area (Å²) in [4.78, 5) is 27.1. The maximum absolute atomic E-state index is 12.3. The van der Waals surface area contributed by atoms with Crippen molar-refractivity contribution in [1.29, 1.82) is 0 Å². The fraction of sp³-hybridized carbons (Fsp3) is 0.0870. The molecular formula is C23H18N4O4S. The Hall–Kier alpha value is -4.11. The molecule has 1 heterocycles. The molecule has 4 rings (SSSR count). The van der Waals surface area contributed by atoms with Crippen molar-refractivity contribution in [1.82, 2.24) is 10.3 Å². The number of benzene rings is 3. The van der Waals surface area contributed by atoms with E-state index in [1.54, 1.807) is 18.2 Å². The van der Waals surface area contributed by atoms with Crippen molar-refractivity contribution in [3.05, 3.63) is 87.5 Å². The second kappa shape index (κ2) is 8.56. The molecule has 8 nitrogen and oxygen atoms in total. The summed E-state index contributed by atoms with van der Waals surface area (Å²) in [5, 5.41) is 16.3. The molecule has 0 aliphatic rings. The average molecular weight is 446 g/mol. The number of hydrogen-bond donors (Lipinski definition) is 2. The summed E-state index contributed by atoms with van der Waals surface area (Å²) in [7, 11) is 0. The Morgan fingerprint density at radius 3 is 2.47 bits per heavy atom. The fourth-order valence-corrected chi connectivity index (χ4v) is 3.29. The third-order valence-electron chi connectivity index (χ3n) is 4.97. The van der Waals surface area contributed by atoms with Crippen molar-refractivity contribution >= 4 is 45.7 Å². The van der Waals surface area contributed by atoms with Crippen LogP contribution >= 0.6 is 12.2 Å². The Morgan fingerprint density at radius 1 is 1.03 bits per heavy atom. The molecule has 1 aromatic heterocycles. The first kappa shape index (κ1) is 21.1. The zero-order chi connectivity index (χ0) is 22.8. The monoisotopic (exact) mass is 446 g/mol. The summed E-state index contributed by atoms with van der Waals surface area (Å²) >= 11 is 5.22. The van der Waals surface area contributed by atoms with Crippen LogP contribution < -0.4 is 10.6 Å². The lowest BCUT2D eigenvalue weighted by molar-refractivity contribution is -0.384. The Kier molecular flexibility index (Phi) is 5.65. The molecule has 9 heteroatoms. The number of nitro benzene ring substituents is 1. The van der Waals surface area contributed by atoms with Crippen LogP contribution in [0.1, 0.15) is 21.5 Å². The molecule has 0 spiro atoms. The molecule has 0 unspecified atom stereocenters. The maximum Gasteiger partial charge on any atom is 0.269 e. The van der Waals surface area contributed by atoms with Gasteiger partial charge in [-0.1, -0.05) is 6.07 Å². The van der Waals surface area contributed by atoms with Gasteiger partial charge >= 0.3 is 0 Å². The summed E-state index contributed by atoms with van der Waals surface area (Å²) in [5.41, 5.74) is 5.31. The lowest BCUT2D eigenvalue weighted by Gasteiger charge is -2.09. The molecule has 0 saturated heterocycles. The molecule has 0 bridgehead atoms. The molecule has 0 radical (unpaired) electrons. The number of nitrogens with one attached hydrogen (secondary N) is 2. The highest BCUT2D eigenvalue weighted by atomic mass is 32.1. The molecule has 0 atom stereocenters. The third kappa shape index (κ3) is 4.47. The van der Waals surface area contributed by atoms with Gasteiger partial charge in [-0.2, -0.15) is 0 Å². The van der Waals surface area contributed by atoms with Gasteiger partial charge in [-0.3, -0.25) is 20.2 Å². The van der Waals surface area contributed by atoms with Crippen LogP contribution in [0.2, 0.25) is 0 Å². The van der Waals surface area contributed by atoms with Crippen molar-refractivity contribution in [2.45, 2.75) is 13.8 Å².